The number of hydrogen-bond donors (Lipinski definition) is 1. The van der Waals surface area contributed by atoms with Gasteiger partial charge in [0.05, 0.1) is 11.4 Å². The number of amides is 1. The van der Waals surface area contributed by atoms with Gasteiger partial charge >= 0.3 is 0 Å². The number of carbonyl (C=O) groups is 1. The molecule has 2 heterocycles. The van der Waals surface area contributed by atoms with E-state index in [4.69, 9.17) is 10.3 Å². The molecule has 1 unspecified atom stereocenters. The molecule has 0 radical (unpaired) electrons. The molecule has 1 saturated heterocycles. The second kappa shape index (κ2) is 7.22. The van der Waals surface area contributed by atoms with E-state index < -0.39 is 5.54 Å². The first-order chi connectivity index (χ1) is 10.8. The molecule has 3 rings (SSSR count). The van der Waals surface area contributed by atoms with Gasteiger partial charge in [0.2, 0.25) is 11.8 Å². The van der Waals surface area contributed by atoms with Crippen LogP contribution >= 0.6 is 24.2 Å². The summed E-state index contributed by atoms with van der Waals surface area (Å²) < 4.78 is 5.49. The monoisotopic (exact) mass is 374 g/mol. The Hall–Kier alpha value is -0.790. The van der Waals surface area contributed by atoms with E-state index >= 15 is 0 Å². The van der Waals surface area contributed by atoms with Gasteiger partial charge in [0.15, 0.2) is 5.82 Å². The second-order valence-corrected chi connectivity index (χ2v) is 8.94. The predicted octanol–water partition coefficient (Wildman–Crippen LogP) is 3.23. The van der Waals surface area contributed by atoms with Crippen molar-refractivity contribution in [3.8, 4) is 0 Å². The zero-order valence-electron chi connectivity index (χ0n) is 14.6. The van der Waals surface area contributed by atoms with Crippen LogP contribution in [0.1, 0.15) is 70.6 Å². The van der Waals surface area contributed by atoms with Gasteiger partial charge in [-0.15, -0.1) is 24.2 Å². The number of carbonyl (C=O) groups excluding carboxylic acids is 1. The Morgan fingerprint density at radius 3 is 2.71 bits per heavy atom. The lowest BCUT2D eigenvalue weighted by molar-refractivity contribution is -0.134. The Kier molecular flexibility index (Phi) is 5.87. The molecular weight excluding hydrogens is 348 g/mol. The highest BCUT2D eigenvalue weighted by Crippen LogP contribution is 2.38. The smallest absolute Gasteiger partial charge is 0.250 e. The third kappa shape index (κ3) is 4.06. The Labute approximate surface area is 153 Å². The lowest BCUT2D eigenvalue weighted by atomic mass is 9.91. The minimum absolute atomic E-state index is 0. The molecule has 1 aliphatic heterocycles. The van der Waals surface area contributed by atoms with E-state index in [1.165, 1.54) is 0 Å². The van der Waals surface area contributed by atoms with Crippen LogP contribution < -0.4 is 5.73 Å². The zero-order chi connectivity index (χ0) is 16.7. The van der Waals surface area contributed by atoms with Gasteiger partial charge in [-0.25, -0.2) is 0 Å². The molecule has 0 spiro atoms. The van der Waals surface area contributed by atoms with E-state index in [0.717, 1.165) is 31.4 Å². The largest absolute Gasteiger partial charge is 0.337 e. The number of nitrogens with two attached hydrogens (primary N) is 1. The molecule has 2 N–H and O–H groups in total. The highest BCUT2D eigenvalue weighted by Gasteiger charge is 2.39. The fourth-order valence-corrected chi connectivity index (χ4v) is 4.42. The molecule has 24 heavy (non-hydrogen) atoms. The normalized spacial score (nSPS) is 23.3. The van der Waals surface area contributed by atoms with E-state index in [1.54, 1.807) is 11.8 Å². The van der Waals surface area contributed by atoms with Gasteiger partial charge in [0.25, 0.3) is 0 Å². The van der Waals surface area contributed by atoms with Crippen molar-refractivity contribution >= 4 is 30.1 Å². The fraction of sp³-hybridized carbons (Fsp3) is 0.812. The van der Waals surface area contributed by atoms with Crippen LogP contribution in [0, 0.1) is 5.41 Å². The Morgan fingerprint density at radius 2 is 2.08 bits per heavy atom. The zero-order valence-corrected chi connectivity index (χ0v) is 16.2. The molecule has 1 aromatic rings. The van der Waals surface area contributed by atoms with Gasteiger partial charge in [0.1, 0.15) is 6.04 Å². The maximum absolute atomic E-state index is 12.6. The molecule has 0 bridgehead atoms. The SMILES string of the molecule is CC(C)(C)CC(=O)N1CSCC1c1nc(C2(N)CCCC2)no1.Cl. The standard InChI is InChI=1S/C16H26N4O2S.ClH/c1-15(2,3)8-12(21)20-10-23-9-11(20)13-18-14(19-22-13)16(17)6-4-5-7-16;/h11H,4-10,17H2,1-3H3;1H. The fourth-order valence-electron chi connectivity index (χ4n) is 3.25. The molecule has 1 saturated carbocycles. The van der Waals surface area contributed by atoms with Crippen LogP contribution in [0.4, 0.5) is 0 Å². The van der Waals surface area contributed by atoms with E-state index in [1.807, 2.05) is 4.90 Å². The van der Waals surface area contributed by atoms with Gasteiger partial charge < -0.3 is 15.2 Å². The van der Waals surface area contributed by atoms with E-state index in [2.05, 4.69) is 30.9 Å². The molecule has 6 nitrogen and oxygen atoms in total. The van der Waals surface area contributed by atoms with E-state index in [0.29, 0.717) is 24.0 Å². The molecule has 136 valence electrons. The van der Waals surface area contributed by atoms with Crippen molar-refractivity contribution in [3.05, 3.63) is 11.7 Å². The third-order valence-electron chi connectivity index (χ3n) is 4.55. The topological polar surface area (TPSA) is 85.2 Å². The van der Waals surface area contributed by atoms with Crippen molar-refractivity contribution in [2.24, 2.45) is 11.1 Å². The molecule has 8 heteroatoms. The van der Waals surface area contributed by atoms with Crippen molar-refractivity contribution in [1.29, 1.82) is 0 Å². The lowest BCUT2D eigenvalue weighted by Crippen LogP contribution is -2.35. The number of hydrogen-bond acceptors (Lipinski definition) is 6. The Bertz CT molecular complexity index is 581. The lowest BCUT2D eigenvalue weighted by Gasteiger charge is -2.25. The summed E-state index contributed by atoms with van der Waals surface area (Å²) in [5.41, 5.74) is 5.92. The highest BCUT2D eigenvalue weighted by molar-refractivity contribution is 7.99. The predicted molar refractivity (Wildman–Crippen MR) is 96.9 cm³/mol. The first kappa shape index (κ1) is 19.5. The number of rotatable bonds is 3. The molecule has 1 atom stereocenters. The van der Waals surface area contributed by atoms with Crippen LogP contribution in [-0.2, 0) is 10.3 Å². The second-order valence-electron chi connectivity index (χ2n) is 7.94. The average molecular weight is 375 g/mol. The number of aromatic nitrogens is 2. The van der Waals surface area contributed by atoms with E-state index in [9.17, 15) is 4.79 Å². The molecule has 1 aliphatic carbocycles. The third-order valence-corrected chi connectivity index (χ3v) is 5.56. The minimum atomic E-state index is -0.451. The van der Waals surface area contributed by atoms with E-state index in [-0.39, 0.29) is 29.8 Å². The Morgan fingerprint density at radius 1 is 1.42 bits per heavy atom. The maximum Gasteiger partial charge on any atom is 0.250 e. The molecule has 1 amide bonds. The number of nitrogens with zero attached hydrogens (tertiary/aromatic N) is 3. The number of thioether (sulfide) groups is 1. The summed E-state index contributed by atoms with van der Waals surface area (Å²) in [7, 11) is 0. The first-order valence-electron chi connectivity index (χ1n) is 8.29. The van der Waals surface area contributed by atoms with Crippen molar-refractivity contribution < 1.29 is 9.32 Å². The molecule has 2 aliphatic rings. The maximum atomic E-state index is 12.6. The first-order valence-corrected chi connectivity index (χ1v) is 9.44. The van der Waals surface area contributed by atoms with Crippen LogP contribution in [0.3, 0.4) is 0 Å². The molecule has 2 fully saturated rings. The van der Waals surface area contributed by atoms with Gasteiger partial charge in [0, 0.05) is 12.2 Å². The summed E-state index contributed by atoms with van der Waals surface area (Å²) in [6.45, 7) is 6.23. The van der Waals surface area contributed by atoms with Crippen LogP contribution in [0.25, 0.3) is 0 Å². The van der Waals surface area contributed by atoms with Crippen molar-refractivity contribution in [1.82, 2.24) is 15.0 Å². The highest BCUT2D eigenvalue weighted by atomic mass is 35.5. The van der Waals surface area contributed by atoms with Gasteiger partial charge in [-0.1, -0.05) is 38.8 Å². The van der Waals surface area contributed by atoms with Gasteiger partial charge in [-0.05, 0) is 18.3 Å². The number of halogens is 1. The van der Waals surface area contributed by atoms with Crippen molar-refractivity contribution in [2.45, 2.75) is 64.5 Å². The Balaban J connectivity index is 0.00000208. The van der Waals surface area contributed by atoms with Gasteiger partial charge in [-0.2, -0.15) is 4.98 Å². The summed E-state index contributed by atoms with van der Waals surface area (Å²) in [4.78, 5) is 19.0. The molecular formula is C16H27ClN4O2S. The summed E-state index contributed by atoms with van der Waals surface area (Å²) >= 11 is 1.73. The summed E-state index contributed by atoms with van der Waals surface area (Å²) in [6.07, 6.45) is 4.54. The van der Waals surface area contributed by atoms with Crippen LogP contribution in [0.2, 0.25) is 0 Å². The van der Waals surface area contributed by atoms with Crippen LogP contribution in [0.15, 0.2) is 4.52 Å². The van der Waals surface area contributed by atoms with Crippen LogP contribution in [0.5, 0.6) is 0 Å². The van der Waals surface area contributed by atoms with Crippen LogP contribution in [-0.4, -0.2) is 32.6 Å². The quantitative estimate of drug-likeness (QED) is 0.874. The molecule has 0 aromatic carbocycles. The average Bonchev–Trinajstić information content (AvgIpc) is 3.16. The van der Waals surface area contributed by atoms with Crippen molar-refractivity contribution in [3.63, 3.8) is 0 Å². The molecule has 1 aromatic heterocycles. The summed E-state index contributed by atoms with van der Waals surface area (Å²) in [5, 5.41) is 4.12. The summed E-state index contributed by atoms with van der Waals surface area (Å²) in [6, 6.07) is -0.124. The summed E-state index contributed by atoms with van der Waals surface area (Å²) in [5.74, 6) is 2.77. The van der Waals surface area contributed by atoms with Gasteiger partial charge in [-0.3, -0.25) is 4.79 Å². The minimum Gasteiger partial charge on any atom is -0.337 e. The van der Waals surface area contributed by atoms with Crippen molar-refractivity contribution in [2.75, 3.05) is 11.6 Å².